The maximum absolute atomic E-state index is 11.2. The van der Waals surface area contributed by atoms with Crippen LogP contribution in [-0.4, -0.2) is 46.8 Å². The molecule has 0 unspecified atom stereocenters. The smallest absolute Gasteiger partial charge is 0.306 e. The molecule has 0 spiro atoms. The van der Waals surface area contributed by atoms with Gasteiger partial charge in [0.05, 0.1) is 25.0 Å². The summed E-state index contributed by atoms with van der Waals surface area (Å²) < 4.78 is 4.81. The third kappa shape index (κ3) is 8.78. The van der Waals surface area contributed by atoms with Gasteiger partial charge in [0, 0.05) is 6.92 Å². The van der Waals surface area contributed by atoms with Gasteiger partial charge in [-0.3, -0.25) is 14.4 Å². The lowest BCUT2D eigenvalue weighted by atomic mass is 10.1. The second kappa shape index (κ2) is 9.09. The lowest BCUT2D eigenvalue weighted by Gasteiger charge is -2.21. The molecule has 2 atom stereocenters. The minimum Gasteiger partial charge on any atom is -0.481 e. The molecule has 0 bridgehead atoms. The zero-order valence-corrected chi connectivity index (χ0v) is 11.0. The van der Waals surface area contributed by atoms with E-state index in [0.717, 1.165) is 0 Å². The van der Waals surface area contributed by atoms with Crippen LogP contribution < -0.4 is 5.32 Å². The van der Waals surface area contributed by atoms with Gasteiger partial charge in [-0.25, -0.2) is 0 Å². The molecule has 0 aromatic carbocycles. The van der Waals surface area contributed by atoms with Crippen molar-refractivity contribution in [2.75, 3.05) is 6.61 Å². The first-order valence-electron chi connectivity index (χ1n) is 5.82. The van der Waals surface area contributed by atoms with Gasteiger partial charge in [0.1, 0.15) is 6.61 Å². The number of carboxylic acid groups (broad SMARTS) is 1. The van der Waals surface area contributed by atoms with Crippen LogP contribution in [-0.2, 0) is 19.1 Å². The van der Waals surface area contributed by atoms with Crippen molar-refractivity contribution in [3.05, 3.63) is 12.2 Å². The molecule has 0 aliphatic rings. The average molecular weight is 273 g/mol. The van der Waals surface area contributed by atoms with Crippen molar-refractivity contribution >= 4 is 17.8 Å². The maximum atomic E-state index is 11.2. The van der Waals surface area contributed by atoms with Gasteiger partial charge in [-0.05, 0) is 6.92 Å². The highest BCUT2D eigenvalue weighted by atomic mass is 16.5. The maximum Gasteiger partial charge on any atom is 0.306 e. The minimum atomic E-state index is -1.09. The van der Waals surface area contributed by atoms with E-state index in [-0.39, 0.29) is 25.4 Å². The molecule has 0 rings (SSSR count). The fourth-order valence-corrected chi connectivity index (χ4v) is 1.28. The number of carbonyl (C=O) groups excluding carboxylic acids is 2. The lowest BCUT2D eigenvalue weighted by Crippen LogP contribution is -2.45. The second-order valence-electron chi connectivity index (χ2n) is 3.90. The number of carbonyl (C=O) groups is 3. The molecular formula is C12H19NO6. The molecule has 0 heterocycles. The van der Waals surface area contributed by atoms with Crippen molar-refractivity contribution in [2.45, 2.75) is 38.8 Å². The molecule has 7 nitrogen and oxygen atoms in total. The summed E-state index contributed by atoms with van der Waals surface area (Å²) in [5, 5.41) is 20.6. The summed E-state index contributed by atoms with van der Waals surface area (Å²) in [4.78, 5) is 32.4. The van der Waals surface area contributed by atoms with E-state index >= 15 is 0 Å². The number of carboxylic acids is 1. The Kier molecular flexibility index (Phi) is 8.19. The molecule has 19 heavy (non-hydrogen) atoms. The summed E-state index contributed by atoms with van der Waals surface area (Å²) >= 11 is 0. The third-order valence-electron chi connectivity index (χ3n) is 2.16. The Balaban J connectivity index is 4.28. The highest BCUT2D eigenvalue weighted by Crippen LogP contribution is 2.00. The quantitative estimate of drug-likeness (QED) is 0.418. The molecule has 0 aliphatic carbocycles. The summed E-state index contributed by atoms with van der Waals surface area (Å²) in [6.07, 6.45) is 1.50. The van der Waals surface area contributed by atoms with Crippen LogP contribution in [0.3, 0.4) is 0 Å². The summed E-state index contributed by atoms with van der Waals surface area (Å²) in [5.41, 5.74) is 0. The third-order valence-corrected chi connectivity index (χ3v) is 2.16. The number of aliphatic hydroxyl groups excluding tert-OH is 1. The zero-order valence-electron chi connectivity index (χ0n) is 11.0. The number of hydrogen-bond donors (Lipinski definition) is 3. The van der Waals surface area contributed by atoms with Crippen LogP contribution in [0.2, 0.25) is 0 Å². The molecule has 3 N–H and O–H groups in total. The standard InChI is InChI=1S/C12H19NO6/c1-3-4-10(15)9(13-8(2)14)7-19-12(18)6-5-11(16)17/h3-4,9-10,15H,5-7H2,1-2H3,(H,13,14)(H,16,17)/b4-3+/t9-,10+/m0/s1. The molecule has 0 aromatic heterocycles. The Morgan fingerprint density at radius 2 is 1.95 bits per heavy atom. The van der Waals surface area contributed by atoms with Crippen LogP contribution in [0.5, 0.6) is 0 Å². The number of rotatable bonds is 8. The fraction of sp³-hybridized carbons (Fsp3) is 0.583. The Labute approximate surface area is 111 Å². The van der Waals surface area contributed by atoms with Gasteiger partial charge >= 0.3 is 11.9 Å². The molecule has 1 amide bonds. The van der Waals surface area contributed by atoms with Crippen LogP contribution in [0.25, 0.3) is 0 Å². The van der Waals surface area contributed by atoms with Crippen molar-refractivity contribution in [3.63, 3.8) is 0 Å². The van der Waals surface area contributed by atoms with E-state index in [2.05, 4.69) is 5.32 Å². The van der Waals surface area contributed by atoms with Gasteiger partial charge in [-0.2, -0.15) is 0 Å². The largest absolute Gasteiger partial charge is 0.481 e. The van der Waals surface area contributed by atoms with Gasteiger partial charge in [0.2, 0.25) is 5.91 Å². The number of ether oxygens (including phenoxy) is 1. The van der Waals surface area contributed by atoms with Crippen molar-refractivity contribution in [1.82, 2.24) is 5.32 Å². The zero-order chi connectivity index (χ0) is 14.8. The van der Waals surface area contributed by atoms with Crippen LogP contribution in [0.15, 0.2) is 12.2 Å². The molecule has 7 heteroatoms. The Hall–Kier alpha value is -1.89. The predicted octanol–water partition coefficient (Wildman–Crippen LogP) is -0.164. The van der Waals surface area contributed by atoms with Gasteiger partial charge in [-0.1, -0.05) is 12.2 Å². The van der Waals surface area contributed by atoms with Gasteiger partial charge in [0.15, 0.2) is 0 Å². The molecule has 0 radical (unpaired) electrons. The van der Waals surface area contributed by atoms with E-state index in [1.54, 1.807) is 13.0 Å². The van der Waals surface area contributed by atoms with Crippen molar-refractivity contribution in [3.8, 4) is 0 Å². The van der Waals surface area contributed by atoms with E-state index in [4.69, 9.17) is 9.84 Å². The number of aliphatic carboxylic acids is 1. The van der Waals surface area contributed by atoms with Crippen LogP contribution in [0, 0.1) is 0 Å². The normalized spacial score (nSPS) is 13.8. The molecule has 0 saturated heterocycles. The molecule has 0 aliphatic heterocycles. The lowest BCUT2D eigenvalue weighted by molar-refractivity contribution is -0.149. The summed E-state index contributed by atoms with van der Waals surface area (Å²) in [7, 11) is 0. The number of aliphatic hydroxyl groups is 1. The van der Waals surface area contributed by atoms with Gasteiger partial charge in [0.25, 0.3) is 0 Å². The van der Waals surface area contributed by atoms with E-state index < -0.39 is 24.1 Å². The number of amides is 1. The van der Waals surface area contributed by atoms with Crippen LogP contribution >= 0.6 is 0 Å². The first kappa shape index (κ1) is 17.1. The number of hydrogen-bond acceptors (Lipinski definition) is 5. The average Bonchev–Trinajstić information content (AvgIpc) is 2.31. The van der Waals surface area contributed by atoms with E-state index in [0.29, 0.717) is 0 Å². The van der Waals surface area contributed by atoms with E-state index in [9.17, 15) is 19.5 Å². The molecule has 0 fully saturated rings. The van der Waals surface area contributed by atoms with Gasteiger partial charge < -0.3 is 20.3 Å². The molecular weight excluding hydrogens is 254 g/mol. The first-order chi connectivity index (χ1) is 8.86. The fourth-order valence-electron chi connectivity index (χ4n) is 1.28. The molecule has 0 saturated carbocycles. The number of esters is 1. The minimum absolute atomic E-state index is 0.219. The number of nitrogens with one attached hydrogen (secondary N) is 1. The summed E-state index contributed by atoms with van der Waals surface area (Å²) in [6, 6.07) is -0.762. The highest BCUT2D eigenvalue weighted by Gasteiger charge is 2.20. The molecule has 108 valence electrons. The van der Waals surface area contributed by atoms with Crippen molar-refractivity contribution in [2.24, 2.45) is 0 Å². The van der Waals surface area contributed by atoms with Crippen LogP contribution in [0.4, 0.5) is 0 Å². The summed E-state index contributed by atoms with van der Waals surface area (Å²) in [6.45, 7) is 2.76. The van der Waals surface area contributed by atoms with Crippen LogP contribution in [0.1, 0.15) is 26.7 Å². The SMILES string of the molecule is C/C=C/[C@@H](O)[C@H](COC(=O)CCC(=O)O)NC(C)=O. The van der Waals surface area contributed by atoms with E-state index in [1.807, 2.05) is 0 Å². The Morgan fingerprint density at radius 1 is 1.32 bits per heavy atom. The van der Waals surface area contributed by atoms with E-state index in [1.165, 1.54) is 13.0 Å². The summed E-state index contributed by atoms with van der Waals surface area (Å²) in [5.74, 6) is -2.15. The van der Waals surface area contributed by atoms with Crippen molar-refractivity contribution in [1.29, 1.82) is 0 Å². The monoisotopic (exact) mass is 273 g/mol. The first-order valence-corrected chi connectivity index (χ1v) is 5.82. The van der Waals surface area contributed by atoms with Crippen molar-refractivity contribution < 1.29 is 29.3 Å². The Bertz CT molecular complexity index is 352. The topological polar surface area (TPSA) is 113 Å². The highest BCUT2D eigenvalue weighted by molar-refractivity contribution is 5.76. The second-order valence-corrected chi connectivity index (χ2v) is 3.90. The van der Waals surface area contributed by atoms with Gasteiger partial charge in [-0.15, -0.1) is 0 Å². The predicted molar refractivity (Wildman–Crippen MR) is 66.3 cm³/mol. The number of allylic oxidation sites excluding steroid dienone is 1. The molecule has 0 aromatic rings. The Morgan fingerprint density at radius 3 is 2.42 bits per heavy atom.